The molecule has 3 aromatic rings. The highest BCUT2D eigenvalue weighted by Gasteiger charge is 2.15. The number of rotatable bonds is 7. The molecule has 0 bridgehead atoms. The van der Waals surface area contributed by atoms with Crippen molar-refractivity contribution in [2.75, 3.05) is 13.9 Å². The van der Waals surface area contributed by atoms with E-state index in [0.29, 0.717) is 23.7 Å². The van der Waals surface area contributed by atoms with Crippen LogP contribution in [0.2, 0.25) is 0 Å². The average Bonchev–Trinajstić information content (AvgIpc) is 3.25. The van der Waals surface area contributed by atoms with Crippen LogP contribution in [0.3, 0.4) is 0 Å². The van der Waals surface area contributed by atoms with Crippen LogP contribution in [0, 0.1) is 0 Å². The number of allylic oxidation sites excluding steroid dienone is 1. The molecule has 1 aliphatic heterocycles. The summed E-state index contributed by atoms with van der Waals surface area (Å²) in [5, 5.41) is 0. The Labute approximate surface area is 183 Å². The molecule has 0 N–H and O–H groups in total. The third-order valence-electron chi connectivity index (χ3n) is 4.60. The molecule has 1 aliphatic rings. The molecule has 1 heterocycles. The first-order chi connectivity index (χ1) is 14.6. The Morgan fingerprint density at radius 3 is 2.63 bits per heavy atom. The number of methoxy groups -OCH3 is 1. The number of ketones is 1. The molecule has 3 aromatic carbocycles. The molecular weight excluding hydrogens is 448 g/mol. The van der Waals surface area contributed by atoms with E-state index in [1.165, 1.54) is 0 Å². The van der Waals surface area contributed by atoms with Crippen LogP contribution < -0.4 is 18.9 Å². The number of ether oxygens (including phenoxy) is 4. The number of hydrogen-bond donors (Lipinski definition) is 0. The van der Waals surface area contributed by atoms with Crippen molar-refractivity contribution >= 4 is 27.8 Å². The number of benzene rings is 3. The maximum absolute atomic E-state index is 12.5. The topological polar surface area (TPSA) is 54.0 Å². The lowest BCUT2D eigenvalue weighted by atomic mass is 10.1. The maximum atomic E-state index is 12.5. The fourth-order valence-corrected chi connectivity index (χ4v) is 3.29. The van der Waals surface area contributed by atoms with Crippen LogP contribution in [0.1, 0.15) is 21.5 Å². The van der Waals surface area contributed by atoms with E-state index >= 15 is 0 Å². The van der Waals surface area contributed by atoms with E-state index in [0.717, 1.165) is 27.1 Å². The SMILES string of the molecule is COc1ccc(/C=C/C(=O)c2ccc3c(c2)OCO3)cc1COc1ccc(Br)cc1. The Morgan fingerprint density at radius 1 is 1.03 bits per heavy atom. The monoisotopic (exact) mass is 466 g/mol. The van der Waals surface area contributed by atoms with Crippen molar-refractivity contribution in [3.05, 3.63) is 87.9 Å². The van der Waals surface area contributed by atoms with E-state index in [9.17, 15) is 4.79 Å². The van der Waals surface area contributed by atoms with Gasteiger partial charge in [0, 0.05) is 15.6 Å². The second kappa shape index (κ2) is 9.05. The van der Waals surface area contributed by atoms with Crippen LogP contribution >= 0.6 is 15.9 Å². The molecule has 6 heteroatoms. The summed E-state index contributed by atoms with van der Waals surface area (Å²) in [4.78, 5) is 12.5. The molecule has 5 nitrogen and oxygen atoms in total. The molecular formula is C24H19BrO5. The fourth-order valence-electron chi connectivity index (χ4n) is 3.02. The smallest absolute Gasteiger partial charge is 0.231 e. The molecule has 0 radical (unpaired) electrons. The molecule has 152 valence electrons. The van der Waals surface area contributed by atoms with Crippen molar-refractivity contribution in [3.63, 3.8) is 0 Å². The van der Waals surface area contributed by atoms with E-state index in [1.807, 2.05) is 42.5 Å². The fraction of sp³-hybridized carbons (Fsp3) is 0.125. The number of carbonyl (C=O) groups excluding carboxylic acids is 1. The summed E-state index contributed by atoms with van der Waals surface area (Å²) in [6.45, 7) is 0.530. The minimum Gasteiger partial charge on any atom is -0.496 e. The van der Waals surface area contributed by atoms with Gasteiger partial charge in [0.15, 0.2) is 17.3 Å². The Morgan fingerprint density at radius 2 is 1.83 bits per heavy atom. The maximum Gasteiger partial charge on any atom is 0.231 e. The van der Waals surface area contributed by atoms with Gasteiger partial charge in [-0.2, -0.15) is 0 Å². The van der Waals surface area contributed by atoms with Gasteiger partial charge in [0.25, 0.3) is 0 Å². The molecule has 0 spiro atoms. The quantitative estimate of drug-likeness (QED) is 0.332. The first kappa shape index (κ1) is 20.0. The zero-order chi connectivity index (χ0) is 20.9. The molecule has 0 aliphatic carbocycles. The zero-order valence-corrected chi connectivity index (χ0v) is 17.8. The summed E-state index contributed by atoms with van der Waals surface area (Å²) < 4.78 is 22.9. The van der Waals surface area contributed by atoms with Gasteiger partial charge in [0.05, 0.1) is 7.11 Å². The Kier molecular flexibility index (Phi) is 6.05. The average molecular weight is 467 g/mol. The van der Waals surface area contributed by atoms with Crippen LogP contribution in [0.25, 0.3) is 6.08 Å². The lowest BCUT2D eigenvalue weighted by Crippen LogP contribution is -1.99. The molecule has 0 atom stereocenters. The van der Waals surface area contributed by atoms with E-state index in [1.54, 1.807) is 37.5 Å². The van der Waals surface area contributed by atoms with Gasteiger partial charge in [-0.1, -0.05) is 28.1 Å². The highest BCUT2D eigenvalue weighted by atomic mass is 79.9. The molecule has 4 rings (SSSR count). The van der Waals surface area contributed by atoms with E-state index in [2.05, 4.69) is 15.9 Å². The number of hydrogen-bond acceptors (Lipinski definition) is 5. The van der Waals surface area contributed by atoms with Crippen molar-refractivity contribution in [2.24, 2.45) is 0 Å². The van der Waals surface area contributed by atoms with Gasteiger partial charge in [-0.15, -0.1) is 0 Å². The predicted octanol–water partition coefficient (Wildman–Crippen LogP) is 5.66. The normalized spacial score (nSPS) is 12.2. The first-order valence-corrected chi connectivity index (χ1v) is 10.1. The Balaban J connectivity index is 1.47. The second-order valence-corrected chi connectivity index (χ2v) is 7.50. The summed E-state index contributed by atoms with van der Waals surface area (Å²) in [7, 11) is 1.62. The van der Waals surface area contributed by atoms with Gasteiger partial charge in [0.2, 0.25) is 6.79 Å². The van der Waals surface area contributed by atoms with Crippen molar-refractivity contribution in [1.82, 2.24) is 0 Å². The van der Waals surface area contributed by atoms with Gasteiger partial charge in [-0.05, 0) is 66.2 Å². The van der Waals surface area contributed by atoms with Gasteiger partial charge < -0.3 is 18.9 Å². The predicted molar refractivity (Wildman–Crippen MR) is 117 cm³/mol. The van der Waals surface area contributed by atoms with Crippen LogP contribution in [-0.4, -0.2) is 19.7 Å². The lowest BCUT2D eigenvalue weighted by molar-refractivity contribution is 0.104. The van der Waals surface area contributed by atoms with Crippen LogP contribution in [0.15, 0.2) is 71.2 Å². The molecule has 0 saturated carbocycles. The Hall–Kier alpha value is -3.25. The molecule has 0 unspecified atom stereocenters. The highest BCUT2D eigenvalue weighted by molar-refractivity contribution is 9.10. The van der Waals surface area contributed by atoms with E-state index < -0.39 is 0 Å². The lowest BCUT2D eigenvalue weighted by Gasteiger charge is -2.11. The van der Waals surface area contributed by atoms with Crippen molar-refractivity contribution in [1.29, 1.82) is 0 Å². The van der Waals surface area contributed by atoms with Crippen molar-refractivity contribution in [3.8, 4) is 23.0 Å². The van der Waals surface area contributed by atoms with Gasteiger partial charge in [-0.25, -0.2) is 0 Å². The summed E-state index contributed by atoms with van der Waals surface area (Å²) in [6.07, 6.45) is 3.31. The van der Waals surface area contributed by atoms with Gasteiger partial charge >= 0.3 is 0 Å². The highest BCUT2D eigenvalue weighted by Crippen LogP contribution is 2.32. The van der Waals surface area contributed by atoms with Crippen LogP contribution in [0.5, 0.6) is 23.0 Å². The molecule has 0 fully saturated rings. The molecule has 0 aromatic heterocycles. The number of fused-ring (bicyclic) bond motifs is 1. The van der Waals surface area contributed by atoms with Crippen LogP contribution in [0.4, 0.5) is 0 Å². The largest absolute Gasteiger partial charge is 0.496 e. The van der Waals surface area contributed by atoms with Gasteiger partial charge in [0.1, 0.15) is 18.1 Å². The molecule has 0 saturated heterocycles. The molecule has 0 amide bonds. The van der Waals surface area contributed by atoms with E-state index in [4.69, 9.17) is 18.9 Å². The summed E-state index contributed by atoms with van der Waals surface area (Å²) in [5.74, 6) is 2.62. The second-order valence-electron chi connectivity index (χ2n) is 6.58. The third-order valence-corrected chi connectivity index (χ3v) is 5.13. The number of halogens is 1. The Bertz CT molecular complexity index is 1090. The van der Waals surface area contributed by atoms with E-state index in [-0.39, 0.29) is 12.6 Å². The minimum atomic E-state index is -0.114. The standard InChI is InChI=1S/C24H19BrO5/c1-27-22-10-3-16(12-18(22)14-28-20-7-5-19(25)6-8-20)2-9-21(26)17-4-11-23-24(13-17)30-15-29-23/h2-13H,14-15H2,1H3/b9-2+. The zero-order valence-electron chi connectivity index (χ0n) is 16.3. The first-order valence-electron chi connectivity index (χ1n) is 9.30. The summed E-state index contributed by atoms with van der Waals surface area (Å²) in [6, 6.07) is 18.5. The van der Waals surface area contributed by atoms with Crippen molar-refractivity contribution in [2.45, 2.75) is 6.61 Å². The minimum absolute atomic E-state index is 0.114. The van der Waals surface area contributed by atoms with Crippen LogP contribution in [-0.2, 0) is 6.61 Å². The van der Waals surface area contributed by atoms with Gasteiger partial charge in [-0.3, -0.25) is 4.79 Å². The third kappa shape index (κ3) is 4.66. The number of carbonyl (C=O) groups is 1. The summed E-state index contributed by atoms with van der Waals surface area (Å²) >= 11 is 3.41. The van der Waals surface area contributed by atoms with Crippen molar-refractivity contribution < 1.29 is 23.7 Å². The summed E-state index contributed by atoms with van der Waals surface area (Å²) in [5.41, 5.74) is 2.31. The molecule has 30 heavy (non-hydrogen) atoms.